The van der Waals surface area contributed by atoms with E-state index in [0.717, 1.165) is 32.2 Å². The number of carbonyl (C=O) groups is 1. The Balaban J connectivity index is 2.25. The minimum absolute atomic E-state index is 0.0309. The van der Waals surface area contributed by atoms with Gasteiger partial charge in [0.05, 0.1) is 12.1 Å². The molecule has 1 aliphatic rings. The van der Waals surface area contributed by atoms with Crippen LogP contribution in [0.15, 0.2) is 0 Å². The molecule has 2 unspecified atom stereocenters. The highest BCUT2D eigenvalue weighted by Gasteiger charge is 2.22. The van der Waals surface area contributed by atoms with Gasteiger partial charge in [0, 0.05) is 13.0 Å². The highest BCUT2D eigenvalue weighted by atomic mass is 16.3. The summed E-state index contributed by atoms with van der Waals surface area (Å²) in [6.45, 7) is 3.62. The first-order chi connectivity index (χ1) is 7.74. The Kier molecular flexibility index (Phi) is 6.42. The Labute approximate surface area is 97.8 Å². The van der Waals surface area contributed by atoms with E-state index in [4.69, 9.17) is 0 Å². The Bertz CT molecular complexity index is 209. The molecule has 0 spiro atoms. The summed E-state index contributed by atoms with van der Waals surface area (Å²) in [7, 11) is 0. The van der Waals surface area contributed by atoms with Crippen LogP contribution in [0.1, 0.15) is 45.4 Å². The molecule has 0 aromatic rings. The molecule has 1 amide bonds. The summed E-state index contributed by atoms with van der Waals surface area (Å²) in [5.41, 5.74) is 0. The van der Waals surface area contributed by atoms with Crippen molar-refractivity contribution < 1.29 is 9.90 Å². The third-order valence-electron chi connectivity index (χ3n) is 3.10. The molecular weight excluding hydrogens is 204 g/mol. The lowest BCUT2D eigenvalue weighted by Gasteiger charge is -2.21. The minimum Gasteiger partial charge on any atom is -0.391 e. The molecule has 1 aliphatic carbocycles. The first kappa shape index (κ1) is 13.5. The number of hydrogen-bond donors (Lipinski definition) is 3. The van der Waals surface area contributed by atoms with Gasteiger partial charge in [-0.25, -0.2) is 0 Å². The van der Waals surface area contributed by atoms with Gasteiger partial charge in [-0.3, -0.25) is 4.79 Å². The molecule has 16 heavy (non-hydrogen) atoms. The molecule has 94 valence electrons. The van der Waals surface area contributed by atoms with E-state index in [2.05, 4.69) is 10.6 Å². The Hall–Kier alpha value is -0.610. The largest absolute Gasteiger partial charge is 0.391 e. The highest BCUT2D eigenvalue weighted by Crippen LogP contribution is 2.17. The summed E-state index contributed by atoms with van der Waals surface area (Å²) in [6, 6.07) is -0.0309. The van der Waals surface area contributed by atoms with E-state index < -0.39 is 0 Å². The minimum atomic E-state index is -0.356. The molecule has 4 heteroatoms. The second kappa shape index (κ2) is 7.63. The molecule has 1 fully saturated rings. The molecule has 0 saturated heterocycles. The average molecular weight is 228 g/mol. The Morgan fingerprint density at radius 1 is 1.31 bits per heavy atom. The van der Waals surface area contributed by atoms with Crippen molar-refractivity contribution in [2.45, 2.75) is 57.6 Å². The lowest BCUT2D eigenvalue weighted by molar-refractivity contribution is -0.122. The van der Waals surface area contributed by atoms with E-state index in [1.807, 2.05) is 6.92 Å². The van der Waals surface area contributed by atoms with Crippen LogP contribution in [0.5, 0.6) is 0 Å². The van der Waals surface area contributed by atoms with Crippen molar-refractivity contribution in [3.63, 3.8) is 0 Å². The van der Waals surface area contributed by atoms with Crippen molar-refractivity contribution in [2.75, 3.05) is 13.1 Å². The van der Waals surface area contributed by atoms with Crippen molar-refractivity contribution in [3.8, 4) is 0 Å². The molecule has 0 aromatic carbocycles. The van der Waals surface area contributed by atoms with E-state index in [1.54, 1.807) is 0 Å². The van der Waals surface area contributed by atoms with Crippen LogP contribution in [-0.2, 0) is 4.79 Å². The summed E-state index contributed by atoms with van der Waals surface area (Å²) in [4.78, 5) is 11.6. The van der Waals surface area contributed by atoms with Crippen LogP contribution in [0.4, 0.5) is 0 Å². The fourth-order valence-electron chi connectivity index (χ4n) is 2.11. The van der Waals surface area contributed by atoms with Crippen LogP contribution >= 0.6 is 0 Å². The SMILES string of the molecule is CCNCCC(=O)NC1CCCCCC1O. The normalized spacial score (nSPS) is 26.1. The Morgan fingerprint density at radius 3 is 2.81 bits per heavy atom. The third kappa shape index (κ3) is 4.94. The summed E-state index contributed by atoms with van der Waals surface area (Å²) in [5, 5.41) is 15.9. The molecule has 0 aromatic heterocycles. The van der Waals surface area contributed by atoms with E-state index >= 15 is 0 Å². The molecule has 3 N–H and O–H groups in total. The predicted octanol–water partition coefficient (Wildman–Crippen LogP) is 0.796. The van der Waals surface area contributed by atoms with Gasteiger partial charge in [-0.15, -0.1) is 0 Å². The molecule has 1 rings (SSSR count). The highest BCUT2D eigenvalue weighted by molar-refractivity contribution is 5.76. The number of aliphatic hydroxyl groups excluding tert-OH is 1. The number of amides is 1. The van der Waals surface area contributed by atoms with Gasteiger partial charge in [0.25, 0.3) is 0 Å². The predicted molar refractivity (Wildman–Crippen MR) is 64.2 cm³/mol. The fraction of sp³-hybridized carbons (Fsp3) is 0.917. The van der Waals surface area contributed by atoms with E-state index in [9.17, 15) is 9.90 Å². The molecule has 0 aliphatic heterocycles. The van der Waals surface area contributed by atoms with Crippen molar-refractivity contribution in [2.24, 2.45) is 0 Å². The van der Waals surface area contributed by atoms with Gasteiger partial charge in [0.15, 0.2) is 0 Å². The van der Waals surface area contributed by atoms with Crippen LogP contribution in [0.2, 0.25) is 0 Å². The van der Waals surface area contributed by atoms with E-state index in [1.165, 1.54) is 6.42 Å². The lowest BCUT2D eigenvalue weighted by atomic mass is 10.1. The van der Waals surface area contributed by atoms with Gasteiger partial charge < -0.3 is 15.7 Å². The monoisotopic (exact) mass is 228 g/mol. The lowest BCUT2D eigenvalue weighted by Crippen LogP contribution is -2.43. The molecule has 2 atom stereocenters. The molecule has 0 radical (unpaired) electrons. The van der Waals surface area contributed by atoms with Crippen LogP contribution in [0, 0.1) is 0 Å². The maximum atomic E-state index is 11.6. The number of rotatable bonds is 5. The number of carbonyl (C=O) groups excluding carboxylic acids is 1. The second-order valence-corrected chi connectivity index (χ2v) is 4.48. The first-order valence-electron chi connectivity index (χ1n) is 6.42. The van der Waals surface area contributed by atoms with Gasteiger partial charge in [0.2, 0.25) is 5.91 Å². The van der Waals surface area contributed by atoms with Gasteiger partial charge in [-0.1, -0.05) is 26.2 Å². The summed E-state index contributed by atoms with van der Waals surface area (Å²) in [5.74, 6) is 0.0481. The third-order valence-corrected chi connectivity index (χ3v) is 3.10. The fourth-order valence-corrected chi connectivity index (χ4v) is 2.11. The number of hydrogen-bond acceptors (Lipinski definition) is 3. The van der Waals surface area contributed by atoms with Gasteiger partial charge in [-0.05, 0) is 19.4 Å². The van der Waals surface area contributed by atoms with Gasteiger partial charge in [0.1, 0.15) is 0 Å². The maximum absolute atomic E-state index is 11.6. The molecular formula is C12H24N2O2. The van der Waals surface area contributed by atoms with E-state index in [-0.39, 0.29) is 18.1 Å². The smallest absolute Gasteiger partial charge is 0.221 e. The van der Waals surface area contributed by atoms with Crippen LogP contribution in [0.3, 0.4) is 0 Å². The van der Waals surface area contributed by atoms with Crippen molar-refractivity contribution in [3.05, 3.63) is 0 Å². The first-order valence-corrected chi connectivity index (χ1v) is 6.42. The molecule has 4 nitrogen and oxygen atoms in total. The second-order valence-electron chi connectivity index (χ2n) is 4.48. The number of nitrogens with one attached hydrogen (secondary N) is 2. The maximum Gasteiger partial charge on any atom is 0.221 e. The van der Waals surface area contributed by atoms with Crippen molar-refractivity contribution in [1.82, 2.24) is 10.6 Å². The number of aliphatic hydroxyl groups is 1. The summed E-state index contributed by atoms with van der Waals surface area (Å²) >= 11 is 0. The van der Waals surface area contributed by atoms with Crippen LogP contribution in [0.25, 0.3) is 0 Å². The average Bonchev–Trinajstić information content (AvgIpc) is 2.45. The zero-order valence-corrected chi connectivity index (χ0v) is 10.2. The van der Waals surface area contributed by atoms with Gasteiger partial charge >= 0.3 is 0 Å². The van der Waals surface area contributed by atoms with Crippen LogP contribution < -0.4 is 10.6 Å². The topological polar surface area (TPSA) is 61.4 Å². The quantitative estimate of drug-likeness (QED) is 0.482. The Morgan fingerprint density at radius 2 is 2.06 bits per heavy atom. The van der Waals surface area contributed by atoms with Crippen molar-refractivity contribution in [1.29, 1.82) is 0 Å². The standard InChI is InChI=1S/C12H24N2O2/c1-2-13-9-8-12(16)14-10-6-4-3-5-7-11(10)15/h10-11,13,15H,2-9H2,1H3,(H,14,16). The summed E-state index contributed by atoms with van der Waals surface area (Å²) < 4.78 is 0. The zero-order valence-electron chi connectivity index (χ0n) is 10.2. The molecule has 0 bridgehead atoms. The summed E-state index contributed by atoms with van der Waals surface area (Å²) in [6.07, 6.45) is 5.22. The van der Waals surface area contributed by atoms with E-state index in [0.29, 0.717) is 13.0 Å². The van der Waals surface area contributed by atoms with Crippen LogP contribution in [-0.4, -0.2) is 36.2 Å². The van der Waals surface area contributed by atoms with Gasteiger partial charge in [-0.2, -0.15) is 0 Å². The molecule has 0 heterocycles. The molecule has 1 saturated carbocycles. The zero-order chi connectivity index (χ0) is 11.8. The van der Waals surface area contributed by atoms with Crippen molar-refractivity contribution >= 4 is 5.91 Å².